The Bertz CT molecular complexity index is 1410. The zero-order chi connectivity index (χ0) is 26.9. The summed E-state index contributed by atoms with van der Waals surface area (Å²) < 4.78 is 0. The van der Waals surface area contributed by atoms with Gasteiger partial charge in [-0.1, -0.05) is 30.3 Å². The number of non-ortho nitro benzene ring substituents is 1. The van der Waals surface area contributed by atoms with Crippen LogP contribution in [0.5, 0.6) is 0 Å². The van der Waals surface area contributed by atoms with Crippen LogP contribution in [0.4, 0.5) is 17.1 Å². The number of nitrogens with zero attached hydrogens (tertiary/aromatic N) is 3. The number of aliphatic hydroxyl groups excluding tert-OH is 1. The number of Topliss-reactive ketones (excluding diaryl/α,β-unsaturated/α-hetero) is 1. The summed E-state index contributed by atoms with van der Waals surface area (Å²) in [4.78, 5) is 41.1. The Balaban J connectivity index is 1.92. The maximum atomic E-state index is 13.4. The summed E-state index contributed by atoms with van der Waals surface area (Å²) >= 11 is 0. The van der Waals surface area contributed by atoms with Crippen molar-refractivity contribution >= 4 is 34.5 Å². The summed E-state index contributed by atoms with van der Waals surface area (Å²) in [6, 6.07) is 17.5. The van der Waals surface area contributed by atoms with Crippen molar-refractivity contribution in [2.45, 2.75) is 33.7 Å². The fraction of sp³-hybridized carbons (Fsp3) is 0.241. The Morgan fingerprint density at radius 2 is 1.65 bits per heavy atom. The SMILES string of the molecule is CCN(CC)c1ccc(C2/C(=C(/O)c3cccc([N+](=O)[O-])c3)C(=O)C(=O)N2c2ccc(C)c(C)c2)cc1. The predicted molar refractivity (Wildman–Crippen MR) is 144 cm³/mol. The van der Waals surface area contributed by atoms with Gasteiger partial charge in [-0.15, -0.1) is 0 Å². The van der Waals surface area contributed by atoms with E-state index in [2.05, 4.69) is 18.7 Å². The van der Waals surface area contributed by atoms with Crippen LogP contribution in [0.15, 0.2) is 72.3 Å². The van der Waals surface area contributed by atoms with Gasteiger partial charge in [0, 0.05) is 42.2 Å². The van der Waals surface area contributed by atoms with Crippen molar-refractivity contribution in [3.05, 3.63) is 105 Å². The number of carbonyl (C=O) groups is 2. The van der Waals surface area contributed by atoms with Gasteiger partial charge in [0.15, 0.2) is 0 Å². The van der Waals surface area contributed by atoms with Crippen LogP contribution in [0.25, 0.3) is 5.76 Å². The van der Waals surface area contributed by atoms with E-state index in [9.17, 15) is 24.8 Å². The van der Waals surface area contributed by atoms with E-state index in [-0.39, 0.29) is 16.8 Å². The van der Waals surface area contributed by atoms with E-state index in [0.29, 0.717) is 11.3 Å². The van der Waals surface area contributed by atoms with Crippen LogP contribution < -0.4 is 9.80 Å². The Labute approximate surface area is 215 Å². The highest BCUT2D eigenvalue weighted by Gasteiger charge is 2.47. The monoisotopic (exact) mass is 499 g/mol. The number of nitro groups is 1. The lowest BCUT2D eigenvalue weighted by Crippen LogP contribution is -2.29. The van der Waals surface area contributed by atoms with E-state index in [1.54, 1.807) is 6.07 Å². The topological polar surface area (TPSA) is 104 Å². The van der Waals surface area contributed by atoms with Gasteiger partial charge in [0.05, 0.1) is 16.5 Å². The van der Waals surface area contributed by atoms with E-state index in [1.165, 1.54) is 29.2 Å². The molecule has 1 aliphatic heterocycles. The minimum Gasteiger partial charge on any atom is -0.507 e. The van der Waals surface area contributed by atoms with Gasteiger partial charge in [0.1, 0.15) is 5.76 Å². The number of aryl methyl sites for hydroxylation is 2. The van der Waals surface area contributed by atoms with Crippen molar-refractivity contribution in [3.63, 3.8) is 0 Å². The van der Waals surface area contributed by atoms with Crippen LogP contribution in [0, 0.1) is 24.0 Å². The van der Waals surface area contributed by atoms with Gasteiger partial charge in [0.2, 0.25) is 0 Å². The largest absolute Gasteiger partial charge is 0.507 e. The summed E-state index contributed by atoms with van der Waals surface area (Å²) in [5, 5.41) is 22.6. The van der Waals surface area contributed by atoms with Gasteiger partial charge in [-0.05, 0) is 68.7 Å². The molecule has 1 atom stereocenters. The summed E-state index contributed by atoms with van der Waals surface area (Å²) in [6.45, 7) is 9.65. The van der Waals surface area contributed by atoms with E-state index in [4.69, 9.17) is 0 Å². The van der Waals surface area contributed by atoms with Crippen molar-refractivity contribution < 1.29 is 19.6 Å². The van der Waals surface area contributed by atoms with Crippen LogP contribution in [0.2, 0.25) is 0 Å². The average molecular weight is 500 g/mol. The second kappa shape index (κ2) is 10.3. The van der Waals surface area contributed by atoms with Crippen molar-refractivity contribution in [2.24, 2.45) is 0 Å². The Hall–Kier alpha value is -4.46. The molecule has 0 saturated carbocycles. The quantitative estimate of drug-likeness (QED) is 0.147. The zero-order valence-electron chi connectivity index (χ0n) is 21.3. The number of aliphatic hydroxyl groups is 1. The third-order valence-corrected chi connectivity index (χ3v) is 6.88. The lowest BCUT2D eigenvalue weighted by Gasteiger charge is -2.27. The molecule has 0 bridgehead atoms. The van der Waals surface area contributed by atoms with Crippen LogP contribution in [0.3, 0.4) is 0 Å². The second-order valence-corrected chi connectivity index (χ2v) is 9.01. The average Bonchev–Trinajstić information content (AvgIpc) is 3.16. The molecule has 1 N–H and O–H groups in total. The molecule has 8 nitrogen and oxygen atoms in total. The van der Waals surface area contributed by atoms with Gasteiger partial charge in [-0.3, -0.25) is 24.6 Å². The first-order valence-electron chi connectivity index (χ1n) is 12.2. The highest BCUT2D eigenvalue weighted by molar-refractivity contribution is 6.51. The minimum absolute atomic E-state index is 0.0945. The number of amides is 1. The number of hydrogen-bond acceptors (Lipinski definition) is 6. The molecule has 8 heteroatoms. The molecule has 0 aromatic heterocycles. The molecule has 1 amide bonds. The lowest BCUT2D eigenvalue weighted by molar-refractivity contribution is -0.384. The van der Waals surface area contributed by atoms with Crippen LogP contribution in [-0.4, -0.2) is 34.8 Å². The Morgan fingerprint density at radius 1 is 0.973 bits per heavy atom. The second-order valence-electron chi connectivity index (χ2n) is 9.01. The van der Waals surface area contributed by atoms with Crippen LogP contribution in [0.1, 0.15) is 42.1 Å². The Morgan fingerprint density at radius 3 is 2.24 bits per heavy atom. The highest BCUT2D eigenvalue weighted by atomic mass is 16.6. The third-order valence-electron chi connectivity index (χ3n) is 6.88. The molecule has 3 aromatic rings. The molecule has 0 radical (unpaired) electrons. The molecule has 1 saturated heterocycles. The van der Waals surface area contributed by atoms with Crippen LogP contribution in [-0.2, 0) is 9.59 Å². The first-order chi connectivity index (χ1) is 17.7. The summed E-state index contributed by atoms with van der Waals surface area (Å²) in [6.07, 6.45) is 0. The predicted octanol–water partition coefficient (Wildman–Crippen LogP) is 5.68. The molecule has 1 heterocycles. The molecule has 37 heavy (non-hydrogen) atoms. The first kappa shape index (κ1) is 25.6. The van der Waals surface area contributed by atoms with Gasteiger partial charge in [0.25, 0.3) is 17.4 Å². The van der Waals surface area contributed by atoms with E-state index in [1.807, 2.05) is 50.2 Å². The third kappa shape index (κ3) is 4.70. The fourth-order valence-electron chi connectivity index (χ4n) is 4.67. The fourth-order valence-corrected chi connectivity index (χ4v) is 4.67. The molecule has 1 unspecified atom stereocenters. The molecule has 190 valence electrons. The van der Waals surface area contributed by atoms with Crippen molar-refractivity contribution in [2.75, 3.05) is 22.9 Å². The minimum atomic E-state index is -0.910. The lowest BCUT2D eigenvalue weighted by atomic mass is 9.94. The van der Waals surface area contributed by atoms with Crippen molar-refractivity contribution in [1.29, 1.82) is 0 Å². The number of carbonyl (C=O) groups excluding carboxylic acids is 2. The molecule has 1 aliphatic rings. The number of benzene rings is 3. The smallest absolute Gasteiger partial charge is 0.300 e. The standard InChI is InChI=1S/C29H29N3O5/c1-5-30(6-2)22-14-11-20(12-15-22)26-25(27(33)21-8-7-9-24(17-21)32(36)37)28(34)29(35)31(26)23-13-10-18(3)19(4)16-23/h7-17,26,33H,5-6H2,1-4H3/b27-25-. The van der Waals surface area contributed by atoms with Gasteiger partial charge >= 0.3 is 0 Å². The molecule has 3 aromatic carbocycles. The summed E-state index contributed by atoms with van der Waals surface area (Å²) in [5.74, 6) is -2.07. The summed E-state index contributed by atoms with van der Waals surface area (Å²) in [7, 11) is 0. The van der Waals surface area contributed by atoms with Gasteiger partial charge in [-0.25, -0.2) is 0 Å². The van der Waals surface area contributed by atoms with Crippen molar-refractivity contribution in [1.82, 2.24) is 0 Å². The number of rotatable bonds is 7. The maximum absolute atomic E-state index is 13.4. The highest BCUT2D eigenvalue weighted by Crippen LogP contribution is 2.43. The first-order valence-corrected chi connectivity index (χ1v) is 12.2. The van der Waals surface area contributed by atoms with Gasteiger partial charge in [-0.2, -0.15) is 0 Å². The van der Waals surface area contributed by atoms with Crippen molar-refractivity contribution in [3.8, 4) is 0 Å². The number of anilines is 2. The van der Waals surface area contributed by atoms with E-state index in [0.717, 1.165) is 29.9 Å². The normalized spacial score (nSPS) is 16.8. The maximum Gasteiger partial charge on any atom is 0.300 e. The number of hydrogen-bond donors (Lipinski definition) is 1. The Kier molecular flexibility index (Phi) is 7.11. The molecular formula is C29H29N3O5. The van der Waals surface area contributed by atoms with E-state index >= 15 is 0 Å². The van der Waals surface area contributed by atoms with Gasteiger partial charge < -0.3 is 10.0 Å². The van der Waals surface area contributed by atoms with E-state index < -0.39 is 28.4 Å². The number of ketones is 1. The molecule has 0 spiro atoms. The molecule has 4 rings (SSSR count). The molecule has 0 aliphatic carbocycles. The summed E-state index contributed by atoms with van der Waals surface area (Å²) in [5.41, 5.74) is 3.91. The zero-order valence-corrected chi connectivity index (χ0v) is 21.3. The van der Waals surface area contributed by atoms with Crippen LogP contribution >= 0.6 is 0 Å². The molecular weight excluding hydrogens is 470 g/mol. The number of nitro benzene ring substituents is 1. The molecule has 1 fully saturated rings.